The predicted molar refractivity (Wildman–Crippen MR) is 111 cm³/mol. The fourth-order valence-electron chi connectivity index (χ4n) is 3.55. The molecule has 1 heterocycles. The fraction of sp³-hybridized carbons (Fsp3) is 0.391. The summed E-state index contributed by atoms with van der Waals surface area (Å²) >= 11 is 0. The highest BCUT2D eigenvalue weighted by molar-refractivity contribution is 5.94. The monoisotopic (exact) mass is 396 g/mol. The van der Waals surface area contributed by atoms with Crippen molar-refractivity contribution < 1.29 is 19.1 Å². The van der Waals surface area contributed by atoms with Gasteiger partial charge in [0.25, 0.3) is 5.91 Å². The molecule has 6 heteroatoms. The van der Waals surface area contributed by atoms with Crippen molar-refractivity contribution in [2.75, 3.05) is 26.8 Å². The van der Waals surface area contributed by atoms with Gasteiger partial charge in [-0.25, -0.2) is 0 Å². The van der Waals surface area contributed by atoms with E-state index in [1.807, 2.05) is 18.2 Å². The summed E-state index contributed by atoms with van der Waals surface area (Å²) in [5, 5.41) is 3.07. The Morgan fingerprint density at radius 3 is 2.66 bits per heavy atom. The van der Waals surface area contributed by atoms with E-state index in [9.17, 15) is 9.59 Å². The van der Waals surface area contributed by atoms with E-state index < -0.39 is 0 Å². The number of nitrogens with one attached hydrogen (secondary N) is 1. The highest BCUT2D eigenvalue weighted by Gasteiger charge is 2.21. The summed E-state index contributed by atoms with van der Waals surface area (Å²) in [6.07, 6.45) is 2.01. The minimum Gasteiger partial charge on any atom is -0.497 e. The largest absolute Gasteiger partial charge is 0.497 e. The zero-order valence-electron chi connectivity index (χ0n) is 17.0. The zero-order valence-corrected chi connectivity index (χ0v) is 17.0. The lowest BCUT2D eigenvalue weighted by Crippen LogP contribution is -2.48. The Morgan fingerprint density at radius 1 is 1.14 bits per heavy atom. The van der Waals surface area contributed by atoms with E-state index in [0.717, 1.165) is 38.2 Å². The van der Waals surface area contributed by atoms with Gasteiger partial charge in [0, 0.05) is 24.7 Å². The first-order chi connectivity index (χ1) is 14.0. The van der Waals surface area contributed by atoms with Crippen LogP contribution in [0.1, 0.15) is 35.7 Å². The van der Waals surface area contributed by atoms with Crippen molar-refractivity contribution in [1.29, 1.82) is 0 Å². The number of Topliss-reactive ketones (excluding diaryl/α,β-unsaturated/α-hetero) is 1. The number of piperidine rings is 1. The molecule has 1 amide bonds. The molecule has 2 aromatic carbocycles. The molecule has 1 aliphatic heterocycles. The van der Waals surface area contributed by atoms with Gasteiger partial charge in [-0.15, -0.1) is 0 Å². The molecule has 1 fully saturated rings. The third-order valence-corrected chi connectivity index (χ3v) is 5.04. The Bertz CT molecular complexity index is 835. The number of nitrogens with zero attached hydrogens (tertiary/aromatic N) is 1. The molecule has 0 radical (unpaired) electrons. The van der Waals surface area contributed by atoms with Gasteiger partial charge in [0.1, 0.15) is 11.5 Å². The van der Waals surface area contributed by atoms with E-state index >= 15 is 0 Å². The minimum absolute atomic E-state index is 0.00472. The van der Waals surface area contributed by atoms with Crippen LogP contribution in [0, 0.1) is 0 Å². The number of benzene rings is 2. The standard InChI is InChI=1S/C23H28N2O4/c1-17(26)19-8-10-21(11-9-19)29-16-23(27)24-20-6-4-12-25(15-20)14-18-5-3-7-22(13-18)28-2/h3,5,7-11,13,20H,4,6,12,14-16H2,1-2H3,(H,24,27)/t20-/m1/s1. The van der Waals surface area contributed by atoms with Crippen LogP contribution in [0.25, 0.3) is 0 Å². The van der Waals surface area contributed by atoms with Crippen LogP contribution in [0.2, 0.25) is 0 Å². The van der Waals surface area contributed by atoms with Gasteiger partial charge in [0.2, 0.25) is 0 Å². The summed E-state index contributed by atoms with van der Waals surface area (Å²) in [6, 6.07) is 15.0. The van der Waals surface area contributed by atoms with E-state index in [0.29, 0.717) is 11.3 Å². The van der Waals surface area contributed by atoms with E-state index in [1.54, 1.807) is 31.4 Å². The molecule has 1 N–H and O–H groups in total. The molecule has 6 nitrogen and oxygen atoms in total. The Balaban J connectivity index is 1.45. The molecule has 3 rings (SSSR count). The molecule has 0 saturated carbocycles. The molecule has 2 aromatic rings. The van der Waals surface area contributed by atoms with Crippen LogP contribution < -0.4 is 14.8 Å². The molecule has 0 unspecified atom stereocenters. The van der Waals surface area contributed by atoms with Crippen LogP contribution in [0.5, 0.6) is 11.5 Å². The van der Waals surface area contributed by atoms with Crippen LogP contribution in [-0.4, -0.2) is 49.4 Å². The van der Waals surface area contributed by atoms with Crippen LogP contribution >= 0.6 is 0 Å². The Hall–Kier alpha value is -2.86. The lowest BCUT2D eigenvalue weighted by molar-refractivity contribution is -0.124. The number of carbonyl (C=O) groups excluding carboxylic acids is 2. The van der Waals surface area contributed by atoms with Crippen molar-refractivity contribution in [3.63, 3.8) is 0 Å². The Labute approximate surface area is 171 Å². The lowest BCUT2D eigenvalue weighted by atomic mass is 10.0. The summed E-state index contributed by atoms with van der Waals surface area (Å²) in [6.45, 7) is 4.15. The van der Waals surface area contributed by atoms with Gasteiger partial charge < -0.3 is 14.8 Å². The topological polar surface area (TPSA) is 67.9 Å². The maximum absolute atomic E-state index is 12.3. The minimum atomic E-state index is -0.131. The SMILES string of the molecule is COc1cccc(CN2CCC[C@@H](NC(=O)COc3ccc(C(C)=O)cc3)C2)c1. The summed E-state index contributed by atoms with van der Waals surface area (Å²) in [5.41, 5.74) is 1.83. The van der Waals surface area contributed by atoms with Gasteiger partial charge in [0.15, 0.2) is 12.4 Å². The second-order valence-electron chi connectivity index (χ2n) is 7.36. The highest BCUT2D eigenvalue weighted by Crippen LogP contribution is 2.18. The van der Waals surface area contributed by atoms with Crippen LogP contribution in [0.15, 0.2) is 48.5 Å². The number of amides is 1. The summed E-state index contributed by atoms with van der Waals surface area (Å²) in [7, 11) is 1.67. The summed E-state index contributed by atoms with van der Waals surface area (Å²) < 4.78 is 10.8. The summed E-state index contributed by atoms with van der Waals surface area (Å²) in [4.78, 5) is 25.9. The highest BCUT2D eigenvalue weighted by atomic mass is 16.5. The van der Waals surface area contributed by atoms with E-state index in [2.05, 4.69) is 16.3 Å². The second-order valence-corrected chi connectivity index (χ2v) is 7.36. The van der Waals surface area contributed by atoms with Gasteiger partial charge in [0.05, 0.1) is 7.11 Å². The maximum Gasteiger partial charge on any atom is 0.258 e. The third-order valence-electron chi connectivity index (χ3n) is 5.04. The molecule has 0 bridgehead atoms. The molecule has 1 atom stereocenters. The van der Waals surface area contributed by atoms with Gasteiger partial charge in [-0.1, -0.05) is 12.1 Å². The van der Waals surface area contributed by atoms with Crippen molar-refractivity contribution in [3.8, 4) is 11.5 Å². The van der Waals surface area contributed by atoms with Crippen molar-refractivity contribution >= 4 is 11.7 Å². The predicted octanol–water partition coefficient (Wildman–Crippen LogP) is 3.06. The first-order valence-electron chi connectivity index (χ1n) is 9.92. The number of ketones is 1. The maximum atomic E-state index is 12.3. The van der Waals surface area contributed by atoms with Crippen molar-refractivity contribution in [3.05, 3.63) is 59.7 Å². The Morgan fingerprint density at radius 2 is 1.93 bits per heavy atom. The fourth-order valence-corrected chi connectivity index (χ4v) is 3.55. The van der Waals surface area contributed by atoms with E-state index in [1.165, 1.54) is 12.5 Å². The average Bonchev–Trinajstić information content (AvgIpc) is 2.73. The first-order valence-corrected chi connectivity index (χ1v) is 9.92. The number of hydrogen-bond acceptors (Lipinski definition) is 5. The lowest BCUT2D eigenvalue weighted by Gasteiger charge is -2.33. The summed E-state index contributed by atoms with van der Waals surface area (Å²) in [5.74, 6) is 1.31. The number of ether oxygens (including phenoxy) is 2. The smallest absolute Gasteiger partial charge is 0.258 e. The number of rotatable bonds is 8. The second kappa shape index (κ2) is 10.1. The number of methoxy groups -OCH3 is 1. The molecule has 1 saturated heterocycles. The third kappa shape index (κ3) is 6.32. The molecule has 0 aromatic heterocycles. The molecule has 29 heavy (non-hydrogen) atoms. The average molecular weight is 396 g/mol. The van der Waals surface area contributed by atoms with E-state index in [4.69, 9.17) is 9.47 Å². The van der Waals surface area contributed by atoms with Crippen LogP contribution in [-0.2, 0) is 11.3 Å². The first kappa shape index (κ1) is 20.9. The van der Waals surface area contributed by atoms with Crippen molar-refractivity contribution in [2.45, 2.75) is 32.4 Å². The number of carbonyl (C=O) groups is 2. The van der Waals surface area contributed by atoms with Gasteiger partial charge in [-0.3, -0.25) is 14.5 Å². The zero-order chi connectivity index (χ0) is 20.6. The van der Waals surface area contributed by atoms with Crippen molar-refractivity contribution in [1.82, 2.24) is 10.2 Å². The molecule has 154 valence electrons. The van der Waals surface area contributed by atoms with Gasteiger partial charge in [-0.05, 0) is 68.3 Å². The van der Waals surface area contributed by atoms with Gasteiger partial charge >= 0.3 is 0 Å². The number of hydrogen-bond donors (Lipinski definition) is 1. The normalized spacial score (nSPS) is 16.8. The van der Waals surface area contributed by atoms with E-state index in [-0.39, 0.29) is 24.3 Å². The quantitative estimate of drug-likeness (QED) is 0.695. The Kier molecular flexibility index (Phi) is 7.25. The molecule has 0 aliphatic carbocycles. The van der Waals surface area contributed by atoms with Gasteiger partial charge in [-0.2, -0.15) is 0 Å². The van der Waals surface area contributed by atoms with Crippen LogP contribution in [0.4, 0.5) is 0 Å². The number of likely N-dealkylation sites (tertiary alicyclic amines) is 1. The van der Waals surface area contributed by atoms with Crippen LogP contribution in [0.3, 0.4) is 0 Å². The van der Waals surface area contributed by atoms with Crippen molar-refractivity contribution in [2.24, 2.45) is 0 Å². The molecular formula is C23H28N2O4. The molecular weight excluding hydrogens is 368 g/mol. The molecule has 1 aliphatic rings. The molecule has 0 spiro atoms.